The summed E-state index contributed by atoms with van der Waals surface area (Å²) >= 11 is 11.0. The van der Waals surface area contributed by atoms with Gasteiger partial charge >= 0.3 is 0 Å². The van der Waals surface area contributed by atoms with Crippen LogP contribution < -0.4 is 4.74 Å². The normalized spacial score (nSPS) is 10.0. The number of benzene rings is 1. The van der Waals surface area contributed by atoms with Gasteiger partial charge in [0, 0.05) is 5.02 Å². The van der Waals surface area contributed by atoms with Crippen molar-refractivity contribution in [3.05, 3.63) is 26.3 Å². The maximum atomic E-state index is 11.5. The molecule has 5 heteroatoms. The summed E-state index contributed by atoms with van der Waals surface area (Å²) in [5.41, 5.74) is 0.515. The Labute approximate surface area is 109 Å². The highest BCUT2D eigenvalue weighted by Gasteiger charge is 2.14. The molecule has 0 heterocycles. The first-order valence-electron chi connectivity index (χ1n) is 3.72. The van der Waals surface area contributed by atoms with Gasteiger partial charge in [-0.25, -0.2) is 0 Å². The molecule has 0 aliphatic carbocycles. The SMILES string of the molecule is COc1c(I)cc(Cl)cc1C(=O)CBr. The number of hydrogen-bond acceptors (Lipinski definition) is 2. The molecule has 1 rings (SSSR count). The number of Topliss-reactive ketones (excluding diaryl/α,β-unsaturated/α-hetero) is 1. The molecule has 1 aromatic carbocycles. The van der Waals surface area contributed by atoms with Crippen LogP contribution in [0.3, 0.4) is 0 Å². The van der Waals surface area contributed by atoms with Crippen molar-refractivity contribution in [1.29, 1.82) is 0 Å². The molecular formula is C9H7BrClIO2. The average Bonchev–Trinajstić information content (AvgIpc) is 2.15. The van der Waals surface area contributed by atoms with Gasteiger partial charge < -0.3 is 4.74 Å². The van der Waals surface area contributed by atoms with Gasteiger partial charge in [-0.3, -0.25) is 4.79 Å². The number of ether oxygens (including phenoxy) is 1. The molecule has 14 heavy (non-hydrogen) atoms. The van der Waals surface area contributed by atoms with Crippen molar-refractivity contribution in [3.63, 3.8) is 0 Å². The van der Waals surface area contributed by atoms with Gasteiger partial charge in [0.15, 0.2) is 5.78 Å². The second kappa shape index (κ2) is 5.32. The van der Waals surface area contributed by atoms with Crippen LogP contribution in [0.4, 0.5) is 0 Å². The summed E-state index contributed by atoms with van der Waals surface area (Å²) in [6, 6.07) is 3.37. The van der Waals surface area contributed by atoms with Crippen LogP contribution in [0.1, 0.15) is 10.4 Å². The molecule has 0 bridgehead atoms. The van der Waals surface area contributed by atoms with Crippen LogP contribution >= 0.6 is 50.1 Å². The minimum Gasteiger partial charge on any atom is -0.495 e. The van der Waals surface area contributed by atoms with Crippen molar-refractivity contribution in [1.82, 2.24) is 0 Å². The molecule has 0 amide bonds. The van der Waals surface area contributed by atoms with E-state index in [9.17, 15) is 4.79 Å². The van der Waals surface area contributed by atoms with Crippen molar-refractivity contribution in [2.45, 2.75) is 0 Å². The zero-order chi connectivity index (χ0) is 10.7. The van der Waals surface area contributed by atoms with E-state index >= 15 is 0 Å². The number of alkyl halides is 1. The number of carbonyl (C=O) groups excluding carboxylic acids is 1. The zero-order valence-corrected chi connectivity index (χ0v) is 11.8. The first-order valence-corrected chi connectivity index (χ1v) is 6.30. The third-order valence-corrected chi connectivity index (χ3v) is 3.16. The van der Waals surface area contributed by atoms with E-state index in [0.29, 0.717) is 16.3 Å². The van der Waals surface area contributed by atoms with E-state index in [1.165, 1.54) is 7.11 Å². The van der Waals surface area contributed by atoms with Crippen molar-refractivity contribution in [3.8, 4) is 5.75 Å². The summed E-state index contributed by atoms with van der Waals surface area (Å²) in [6.45, 7) is 0. The van der Waals surface area contributed by atoms with Crippen molar-refractivity contribution in [2.75, 3.05) is 12.4 Å². The molecule has 2 nitrogen and oxygen atoms in total. The minimum atomic E-state index is -0.0396. The quantitative estimate of drug-likeness (QED) is 0.449. The highest BCUT2D eigenvalue weighted by molar-refractivity contribution is 14.1. The standard InChI is InChI=1S/C9H7BrClIO2/c1-14-9-6(8(13)4-10)2-5(11)3-7(9)12/h2-3H,4H2,1H3. The van der Waals surface area contributed by atoms with E-state index < -0.39 is 0 Å². The van der Waals surface area contributed by atoms with Crippen LogP contribution in [0.25, 0.3) is 0 Å². The molecule has 0 N–H and O–H groups in total. The maximum absolute atomic E-state index is 11.5. The van der Waals surface area contributed by atoms with Gasteiger partial charge in [-0.15, -0.1) is 0 Å². The summed E-state index contributed by atoms with van der Waals surface area (Å²) in [5, 5.41) is 0.805. The molecule has 0 aliphatic rings. The predicted molar refractivity (Wildman–Crippen MR) is 68.8 cm³/mol. The lowest BCUT2D eigenvalue weighted by atomic mass is 10.1. The summed E-state index contributed by atoms with van der Waals surface area (Å²) in [7, 11) is 1.54. The molecule has 0 saturated heterocycles. The van der Waals surface area contributed by atoms with Crippen molar-refractivity contribution >= 4 is 55.9 Å². The first kappa shape index (κ1) is 12.3. The van der Waals surface area contributed by atoms with Crippen LogP contribution in [-0.4, -0.2) is 18.2 Å². The van der Waals surface area contributed by atoms with E-state index in [1.807, 2.05) is 0 Å². The van der Waals surface area contributed by atoms with E-state index in [0.717, 1.165) is 3.57 Å². The fourth-order valence-electron chi connectivity index (χ4n) is 1.05. The van der Waals surface area contributed by atoms with E-state index in [-0.39, 0.29) is 11.1 Å². The van der Waals surface area contributed by atoms with Crippen molar-refractivity contribution in [2.24, 2.45) is 0 Å². The number of hydrogen-bond donors (Lipinski definition) is 0. The minimum absolute atomic E-state index is 0.0396. The molecule has 0 saturated carbocycles. The van der Waals surface area contributed by atoms with Gasteiger partial charge in [0.2, 0.25) is 0 Å². The van der Waals surface area contributed by atoms with Crippen LogP contribution in [0.5, 0.6) is 5.75 Å². The van der Waals surface area contributed by atoms with Gasteiger partial charge in [-0.1, -0.05) is 27.5 Å². The topological polar surface area (TPSA) is 26.3 Å². The predicted octanol–water partition coefficient (Wildman–Crippen LogP) is 3.53. The summed E-state index contributed by atoms with van der Waals surface area (Å²) in [4.78, 5) is 11.5. The van der Waals surface area contributed by atoms with Crippen LogP contribution in [-0.2, 0) is 0 Å². The third-order valence-electron chi connectivity index (χ3n) is 1.63. The van der Waals surface area contributed by atoms with Crippen LogP contribution in [0.2, 0.25) is 5.02 Å². The highest BCUT2D eigenvalue weighted by Crippen LogP contribution is 2.29. The third kappa shape index (κ3) is 2.61. The second-order valence-electron chi connectivity index (χ2n) is 2.53. The Morgan fingerprint density at radius 1 is 1.64 bits per heavy atom. The molecular weight excluding hydrogens is 382 g/mol. The van der Waals surface area contributed by atoms with E-state index in [1.54, 1.807) is 12.1 Å². The fraction of sp³-hybridized carbons (Fsp3) is 0.222. The van der Waals surface area contributed by atoms with Crippen LogP contribution in [0.15, 0.2) is 12.1 Å². The monoisotopic (exact) mass is 388 g/mol. The summed E-state index contributed by atoms with van der Waals surface area (Å²) in [6.07, 6.45) is 0. The zero-order valence-electron chi connectivity index (χ0n) is 7.31. The molecule has 76 valence electrons. The van der Waals surface area contributed by atoms with E-state index in [2.05, 4.69) is 38.5 Å². The second-order valence-corrected chi connectivity index (χ2v) is 4.68. The Hall–Kier alpha value is 0.190. The number of methoxy groups -OCH3 is 1. The Morgan fingerprint density at radius 3 is 2.79 bits per heavy atom. The lowest BCUT2D eigenvalue weighted by Gasteiger charge is -2.09. The largest absolute Gasteiger partial charge is 0.495 e. The number of rotatable bonds is 3. The van der Waals surface area contributed by atoms with Gasteiger partial charge in [0.05, 0.1) is 21.6 Å². The van der Waals surface area contributed by atoms with Gasteiger partial charge in [-0.2, -0.15) is 0 Å². The fourth-order valence-corrected chi connectivity index (χ4v) is 2.60. The average molecular weight is 389 g/mol. The summed E-state index contributed by atoms with van der Waals surface area (Å²) < 4.78 is 5.98. The molecule has 0 atom stereocenters. The Balaban J connectivity index is 3.32. The Morgan fingerprint density at radius 2 is 2.29 bits per heavy atom. The van der Waals surface area contributed by atoms with Gasteiger partial charge in [0.25, 0.3) is 0 Å². The Bertz CT molecular complexity index is 368. The summed E-state index contributed by atoms with van der Waals surface area (Å²) in [5.74, 6) is 0.543. The van der Waals surface area contributed by atoms with Gasteiger partial charge in [0.1, 0.15) is 5.75 Å². The number of carbonyl (C=O) groups is 1. The Kier molecular flexibility index (Phi) is 4.66. The van der Waals surface area contributed by atoms with Crippen LogP contribution in [0, 0.1) is 3.57 Å². The lowest BCUT2D eigenvalue weighted by molar-refractivity contribution is 0.102. The first-order chi connectivity index (χ1) is 6.60. The number of ketones is 1. The van der Waals surface area contributed by atoms with E-state index in [4.69, 9.17) is 16.3 Å². The smallest absolute Gasteiger partial charge is 0.177 e. The number of halogens is 3. The van der Waals surface area contributed by atoms with Crippen molar-refractivity contribution < 1.29 is 9.53 Å². The van der Waals surface area contributed by atoms with Gasteiger partial charge in [-0.05, 0) is 34.7 Å². The molecule has 0 unspecified atom stereocenters. The molecule has 1 aromatic rings. The molecule has 0 fully saturated rings. The maximum Gasteiger partial charge on any atom is 0.177 e. The molecule has 0 aromatic heterocycles. The molecule has 0 aliphatic heterocycles. The molecule has 0 radical (unpaired) electrons. The highest BCUT2D eigenvalue weighted by atomic mass is 127. The lowest BCUT2D eigenvalue weighted by Crippen LogP contribution is -2.04. The molecule has 0 spiro atoms.